The lowest BCUT2D eigenvalue weighted by Gasteiger charge is -1.98. The number of halogens is 1. The summed E-state index contributed by atoms with van der Waals surface area (Å²) in [7, 11) is 1.61. The van der Waals surface area contributed by atoms with Crippen LogP contribution in [0.3, 0.4) is 0 Å². The van der Waals surface area contributed by atoms with Crippen molar-refractivity contribution < 1.29 is 8.92 Å². The Labute approximate surface area is 74.9 Å². The van der Waals surface area contributed by atoms with Gasteiger partial charge in [-0.15, -0.1) is 17.0 Å². The van der Waals surface area contributed by atoms with Crippen molar-refractivity contribution in [2.75, 3.05) is 19.5 Å². The van der Waals surface area contributed by atoms with Gasteiger partial charge in [-0.1, -0.05) is 0 Å². The third kappa shape index (κ3) is 10.9. The van der Waals surface area contributed by atoms with Crippen molar-refractivity contribution >= 4 is 35.0 Å². The van der Waals surface area contributed by atoms with Gasteiger partial charge in [0.15, 0.2) is 0 Å². The molecule has 0 aliphatic rings. The average Bonchev–Trinajstić information content (AvgIpc) is 1.80. The van der Waals surface area contributed by atoms with Gasteiger partial charge < -0.3 is 14.7 Å². The highest BCUT2D eigenvalue weighted by Crippen LogP contribution is 1.99. The van der Waals surface area contributed by atoms with Crippen LogP contribution in [0.25, 0.3) is 0 Å². The van der Waals surface area contributed by atoms with E-state index in [9.17, 15) is 0 Å². The van der Waals surface area contributed by atoms with Gasteiger partial charge >= 0.3 is 0 Å². The SMILES string of the molecule is Br.COCCSOC(=N)N. The Morgan fingerprint density at radius 2 is 2.30 bits per heavy atom. The minimum atomic E-state index is -0.267. The summed E-state index contributed by atoms with van der Waals surface area (Å²) in [6.07, 6.45) is 0. The summed E-state index contributed by atoms with van der Waals surface area (Å²) in [6.45, 7) is 0.609. The second kappa shape index (κ2) is 9.06. The van der Waals surface area contributed by atoms with Gasteiger partial charge in [0.1, 0.15) is 0 Å². The van der Waals surface area contributed by atoms with Crippen LogP contribution >= 0.6 is 29.0 Å². The van der Waals surface area contributed by atoms with Gasteiger partial charge in [-0.2, -0.15) is 0 Å². The van der Waals surface area contributed by atoms with Crippen LogP contribution < -0.4 is 5.73 Å². The lowest BCUT2D eigenvalue weighted by Crippen LogP contribution is -2.10. The number of nitrogens with one attached hydrogen (secondary N) is 1. The van der Waals surface area contributed by atoms with Gasteiger partial charge in [-0.3, -0.25) is 5.41 Å². The number of amidine groups is 1. The zero-order chi connectivity index (χ0) is 7.11. The molecular formula is C4H11BrN2O2S. The first-order valence-electron chi connectivity index (χ1n) is 2.40. The molecule has 0 aromatic carbocycles. The topological polar surface area (TPSA) is 68.3 Å². The highest BCUT2D eigenvalue weighted by molar-refractivity contribution is 8.93. The first-order chi connectivity index (χ1) is 4.27. The van der Waals surface area contributed by atoms with Crippen molar-refractivity contribution in [3.05, 3.63) is 0 Å². The van der Waals surface area contributed by atoms with Crippen molar-refractivity contribution in [3.8, 4) is 0 Å². The van der Waals surface area contributed by atoms with Crippen LogP contribution in [-0.2, 0) is 8.92 Å². The molecule has 0 radical (unpaired) electrons. The summed E-state index contributed by atoms with van der Waals surface area (Å²) in [5.74, 6) is 0.691. The minimum absolute atomic E-state index is 0. The van der Waals surface area contributed by atoms with Crippen LogP contribution in [0.1, 0.15) is 0 Å². The van der Waals surface area contributed by atoms with Crippen LogP contribution in [0.15, 0.2) is 0 Å². The second-order valence-electron chi connectivity index (χ2n) is 1.26. The molecule has 0 aromatic rings. The summed E-state index contributed by atoms with van der Waals surface area (Å²) in [5.41, 5.74) is 4.87. The lowest BCUT2D eigenvalue weighted by molar-refractivity contribution is 0.218. The molecular weight excluding hydrogens is 220 g/mol. The first kappa shape index (κ1) is 12.7. The van der Waals surface area contributed by atoms with Crippen LogP contribution in [0.2, 0.25) is 0 Å². The molecule has 0 fully saturated rings. The first-order valence-corrected chi connectivity index (χ1v) is 3.31. The van der Waals surface area contributed by atoms with E-state index in [0.717, 1.165) is 12.0 Å². The smallest absolute Gasteiger partial charge is 0.291 e. The molecule has 0 aromatic heterocycles. The van der Waals surface area contributed by atoms with Crippen molar-refractivity contribution in [1.82, 2.24) is 0 Å². The Morgan fingerprint density at radius 1 is 1.70 bits per heavy atom. The fourth-order valence-electron chi connectivity index (χ4n) is 0.223. The van der Waals surface area contributed by atoms with Crippen LogP contribution in [0, 0.1) is 5.41 Å². The van der Waals surface area contributed by atoms with Gasteiger partial charge in [-0.05, 0) is 0 Å². The molecule has 0 spiro atoms. The third-order valence-electron chi connectivity index (χ3n) is 0.519. The molecule has 0 bridgehead atoms. The highest BCUT2D eigenvalue weighted by Gasteiger charge is 1.89. The number of hydrogen-bond acceptors (Lipinski definition) is 4. The van der Waals surface area contributed by atoms with E-state index in [1.54, 1.807) is 7.11 Å². The van der Waals surface area contributed by atoms with Crippen molar-refractivity contribution in [3.63, 3.8) is 0 Å². The van der Waals surface area contributed by atoms with E-state index in [2.05, 4.69) is 4.18 Å². The van der Waals surface area contributed by atoms with Crippen LogP contribution in [-0.4, -0.2) is 25.5 Å². The van der Waals surface area contributed by atoms with Crippen LogP contribution in [0.4, 0.5) is 0 Å². The molecule has 0 atom stereocenters. The van der Waals surface area contributed by atoms with E-state index in [1.807, 2.05) is 0 Å². The van der Waals surface area contributed by atoms with Gasteiger partial charge in [0, 0.05) is 7.11 Å². The second-order valence-corrected chi connectivity index (χ2v) is 2.07. The van der Waals surface area contributed by atoms with E-state index in [0.29, 0.717) is 12.4 Å². The fraction of sp³-hybridized carbons (Fsp3) is 0.750. The molecule has 0 aliphatic heterocycles. The van der Waals surface area contributed by atoms with E-state index in [-0.39, 0.29) is 23.0 Å². The molecule has 0 saturated carbocycles. The van der Waals surface area contributed by atoms with Crippen molar-refractivity contribution in [1.29, 1.82) is 5.41 Å². The summed E-state index contributed by atoms with van der Waals surface area (Å²) >= 11 is 1.11. The Hall–Kier alpha value is 0.0600. The quantitative estimate of drug-likeness (QED) is 0.324. The standard InChI is InChI=1S/C4H10N2O2S.BrH/c1-7-2-3-9-8-4(5)6;/h2-3H2,1H3,(H3,5,6);1H. The minimum Gasteiger partial charge on any atom is -0.391 e. The molecule has 0 amide bonds. The van der Waals surface area contributed by atoms with Crippen molar-refractivity contribution in [2.24, 2.45) is 5.73 Å². The molecule has 10 heavy (non-hydrogen) atoms. The van der Waals surface area contributed by atoms with Crippen molar-refractivity contribution in [2.45, 2.75) is 0 Å². The molecule has 62 valence electrons. The molecule has 0 aliphatic carbocycles. The summed E-state index contributed by atoms with van der Waals surface area (Å²) in [5, 5.41) is 6.62. The number of nitrogens with two attached hydrogens (primary N) is 1. The number of hydrogen-bond donors (Lipinski definition) is 2. The molecule has 0 rings (SSSR count). The fourth-order valence-corrected chi connectivity index (χ4v) is 0.668. The van der Waals surface area contributed by atoms with Gasteiger partial charge in [0.05, 0.1) is 24.4 Å². The lowest BCUT2D eigenvalue weighted by atomic mass is 10.9. The zero-order valence-electron chi connectivity index (χ0n) is 5.62. The third-order valence-corrected chi connectivity index (χ3v) is 1.15. The maximum Gasteiger partial charge on any atom is 0.291 e. The van der Waals surface area contributed by atoms with E-state index < -0.39 is 0 Å². The largest absolute Gasteiger partial charge is 0.391 e. The molecule has 0 saturated heterocycles. The average molecular weight is 231 g/mol. The Morgan fingerprint density at radius 3 is 2.70 bits per heavy atom. The maximum atomic E-state index is 6.62. The summed E-state index contributed by atoms with van der Waals surface area (Å²) < 4.78 is 9.25. The van der Waals surface area contributed by atoms with Gasteiger partial charge in [-0.25, -0.2) is 0 Å². The monoisotopic (exact) mass is 230 g/mol. The normalized spacial score (nSPS) is 8.10. The predicted molar refractivity (Wildman–Crippen MR) is 47.7 cm³/mol. The highest BCUT2D eigenvalue weighted by atomic mass is 79.9. The Balaban J connectivity index is 0. The summed E-state index contributed by atoms with van der Waals surface area (Å²) in [4.78, 5) is 0. The number of methoxy groups -OCH3 is 1. The van der Waals surface area contributed by atoms with Crippen LogP contribution in [0.5, 0.6) is 0 Å². The van der Waals surface area contributed by atoms with E-state index >= 15 is 0 Å². The predicted octanol–water partition coefficient (Wildman–Crippen LogP) is 0.769. The molecule has 0 heterocycles. The Kier molecular flexibility index (Phi) is 11.5. The molecule has 4 nitrogen and oxygen atoms in total. The number of ether oxygens (including phenoxy) is 1. The summed E-state index contributed by atoms with van der Waals surface area (Å²) in [6, 6.07) is -0.267. The Bertz CT molecular complexity index is 93.3. The zero-order valence-corrected chi connectivity index (χ0v) is 8.15. The van der Waals surface area contributed by atoms with E-state index in [4.69, 9.17) is 15.9 Å². The number of rotatable bonds is 4. The van der Waals surface area contributed by atoms with E-state index in [1.165, 1.54) is 0 Å². The molecule has 0 unspecified atom stereocenters. The maximum absolute atomic E-state index is 6.62. The molecule has 6 heteroatoms. The van der Waals surface area contributed by atoms with Gasteiger partial charge in [0.25, 0.3) is 6.02 Å². The van der Waals surface area contributed by atoms with Gasteiger partial charge in [0.2, 0.25) is 0 Å². The molecule has 3 N–H and O–H groups in total.